The second kappa shape index (κ2) is 4.99. The molecule has 23 heavy (non-hydrogen) atoms. The summed E-state index contributed by atoms with van der Waals surface area (Å²) in [6.07, 6.45) is 1.76. The molecule has 1 aliphatic rings. The van der Waals surface area contributed by atoms with Crippen LogP contribution in [0.25, 0.3) is 16.9 Å². The number of carboxylic acids is 1. The molecule has 0 atom stereocenters. The lowest BCUT2D eigenvalue weighted by Crippen LogP contribution is -2.04. The number of fused-ring (bicyclic) bond motifs is 2. The highest BCUT2D eigenvalue weighted by atomic mass is 79.9. The van der Waals surface area contributed by atoms with Crippen LogP contribution in [0.4, 0.5) is 0 Å². The second-order valence-electron chi connectivity index (χ2n) is 5.24. The van der Waals surface area contributed by atoms with Crippen LogP contribution in [0.15, 0.2) is 34.9 Å². The molecule has 3 heterocycles. The van der Waals surface area contributed by atoms with Crippen molar-refractivity contribution in [3.05, 3.63) is 46.2 Å². The summed E-state index contributed by atoms with van der Waals surface area (Å²) in [5.41, 5.74) is 2.66. The first-order valence-electron chi connectivity index (χ1n) is 6.86. The Labute approximate surface area is 139 Å². The van der Waals surface area contributed by atoms with Crippen molar-refractivity contribution in [1.29, 1.82) is 0 Å². The highest BCUT2D eigenvalue weighted by Gasteiger charge is 2.23. The van der Waals surface area contributed by atoms with Gasteiger partial charge in [-0.05, 0) is 52.7 Å². The van der Waals surface area contributed by atoms with Crippen molar-refractivity contribution in [2.75, 3.05) is 6.79 Å². The lowest BCUT2D eigenvalue weighted by atomic mass is 10.1. The average Bonchev–Trinajstić information content (AvgIpc) is 3.09. The first-order chi connectivity index (χ1) is 11.0. The molecule has 0 fully saturated rings. The molecule has 0 unspecified atom stereocenters. The average molecular weight is 375 g/mol. The van der Waals surface area contributed by atoms with Crippen LogP contribution >= 0.6 is 15.9 Å². The minimum atomic E-state index is -1.04. The summed E-state index contributed by atoms with van der Waals surface area (Å²) in [5, 5.41) is 9.66. The zero-order chi connectivity index (χ0) is 16.1. The van der Waals surface area contributed by atoms with Gasteiger partial charge in [0.2, 0.25) is 6.79 Å². The smallest absolute Gasteiger partial charge is 0.355 e. The summed E-state index contributed by atoms with van der Waals surface area (Å²) < 4.78 is 13.0. The van der Waals surface area contributed by atoms with Crippen LogP contribution < -0.4 is 9.47 Å². The highest BCUT2D eigenvalue weighted by molar-refractivity contribution is 9.10. The summed E-state index contributed by atoms with van der Waals surface area (Å²) in [6, 6.07) is 7.19. The van der Waals surface area contributed by atoms with Crippen LogP contribution in [-0.2, 0) is 0 Å². The summed E-state index contributed by atoms with van der Waals surface area (Å²) in [7, 11) is 0. The summed E-state index contributed by atoms with van der Waals surface area (Å²) >= 11 is 3.45. The number of aryl methyl sites for hydroxylation is 1. The number of rotatable bonds is 2. The van der Waals surface area contributed by atoms with Gasteiger partial charge >= 0.3 is 5.97 Å². The Hall–Kier alpha value is -2.54. The van der Waals surface area contributed by atoms with Gasteiger partial charge in [-0.1, -0.05) is 0 Å². The van der Waals surface area contributed by atoms with E-state index in [2.05, 4.69) is 20.9 Å². The van der Waals surface area contributed by atoms with Crippen molar-refractivity contribution < 1.29 is 19.4 Å². The quantitative estimate of drug-likeness (QED) is 0.742. The Balaban J connectivity index is 2.01. The number of carbonyl (C=O) groups is 1. The fraction of sp³-hybridized carbons (Fsp3) is 0.125. The van der Waals surface area contributed by atoms with Crippen LogP contribution in [0, 0.1) is 6.92 Å². The Morgan fingerprint density at radius 3 is 2.87 bits per heavy atom. The van der Waals surface area contributed by atoms with Gasteiger partial charge in [0.05, 0.1) is 4.47 Å². The van der Waals surface area contributed by atoms with Crippen LogP contribution in [0.5, 0.6) is 11.5 Å². The van der Waals surface area contributed by atoms with Gasteiger partial charge in [-0.15, -0.1) is 0 Å². The molecule has 6 nitrogen and oxygen atoms in total. The van der Waals surface area contributed by atoms with E-state index in [1.54, 1.807) is 28.8 Å². The van der Waals surface area contributed by atoms with Gasteiger partial charge in [0.25, 0.3) is 0 Å². The van der Waals surface area contributed by atoms with Crippen LogP contribution in [-0.4, -0.2) is 27.3 Å². The zero-order valence-corrected chi connectivity index (χ0v) is 13.6. The first kappa shape index (κ1) is 14.1. The lowest BCUT2D eigenvalue weighted by molar-refractivity contribution is 0.0690. The molecule has 1 aliphatic heterocycles. The minimum absolute atomic E-state index is 0.114. The number of benzene rings is 1. The van der Waals surface area contributed by atoms with Gasteiger partial charge in [-0.2, -0.15) is 0 Å². The predicted octanol–water partition coefficient (Wildman–Crippen LogP) is 3.50. The maximum Gasteiger partial charge on any atom is 0.355 e. The fourth-order valence-electron chi connectivity index (χ4n) is 2.68. The van der Waals surface area contributed by atoms with Crippen molar-refractivity contribution in [3.63, 3.8) is 0 Å². The molecular formula is C16H11BrN2O4. The van der Waals surface area contributed by atoms with Crippen LogP contribution in [0.3, 0.4) is 0 Å². The molecule has 2 aromatic heterocycles. The number of hydrogen-bond donors (Lipinski definition) is 1. The van der Waals surface area contributed by atoms with Gasteiger partial charge in [0, 0.05) is 11.8 Å². The molecule has 0 saturated heterocycles. The summed E-state index contributed by atoms with van der Waals surface area (Å²) in [5.74, 6) is 0.195. The monoisotopic (exact) mass is 374 g/mol. The van der Waals surface area contributed by atoms with E-state index in [-0.39, 0.29) is 12.5 Å². The Morgan fingerprint density at radius 2 is 2.09 bits per heavy atom. The number of nitrogens with zero attached hydrogens (tertiary/aromatic N) is 2. The van der Waals surface area contributed by atoms with Gasteiger partial charge in [-0.3, -0.25) is 4.40 Å². The largest absolute Gasteiger partial charge is 0.476 e. The van der Waals surface area contributed by atoms with Crippen molar-refractivity contribution in [3.8, 4) is 22.8 Å². The van der Waals surface area contributed by atoms with Gasteiger partial charge in [0.15, 0.2) is 22.8 Å². The molecule has 0 aliphatic carbocycles. The highest BCUT2D eigenvalue weighted by Crippen LogP contribution is 2.37. The van der Waals surface area contributed by atoms with Crippen molar-refractivity contribution in [1.82, 2.24) is 9.38 Å². The molecule has 1 N–H and O–H groups in total. The molecular weight excluding hydrogens is 364 g/mol. The molecule has 0 spiro atoms. The number of pyridine rings is 1. The van der Waals surface area contributed by atoms with E-state index in [1.807, 2.05) is 13.0 Å². The molecule has 0 saturated carbocycles. The van der Waals surface area contributed by atoms with Crippen LogP contribution in [0.1, 0.15) is 16.1 Å². The topological polar surface area (TPSA) is 73.1 Å². The van der Waals surface area contributed by atoms with Crippen molar-refractivity contribution in [2.45, 2.75) is 6.92 Å². The molecule has 7 heteroatoms. The normalized spacial score (nSPS) is 12.8. The van der Waals surface area contributed by atoms with E-state index in [9.17, 15) is 9.90 Å². The van der Waals surface area contributed by atoms with Gasteiger partial charge < -0.3 is 14.6 Å². The standard InChI is InChI=1S/C16H11BrN2O4/c1-8-4-10(17)15-18-13(14(16(20)21)19(15)6-8)9-2-3-11-12(5-9)23-7-22-11/h2-6H,7H2,1H3,(H,20,21). The number of ether oxygens (including phenoxy) is 2. The molecule has 0 amide bonds. The first-order valence-corrected chi connectivity index (χ1v) is 7.65. The van der Waals surface area contributed by atoms with Crippen LogP contribution in [0.2, 0.25) is 0 Å². The third-order valence-electron chi connectivity index (χ3n) is 3.66. The Kier molecular flexibility index (Phi) is 3.05. The number of aromatic carboxylic acids is 1. The molecule has 116 valence electrons. The van der Waals surface area contributed by atoms with Crippen molar-refractivity contribution >= 4 is 27.5 Å². The Bertz CT molecular complexity index is 964. The van der Waals surface area contributed by atoms with Gasteiger partial charge in [-0.25, -0.2) is 9.78 Å². The third kappa shape index (κ3) is 2.16. The SMILES string of the molecule is Cc1cc(Br)c2nc(-c3ccc4c(c3)OCO4)c(C(=O)O)n2c1. The van der Waals surface area contributed by atoms with E-state index in [0.29, 0.717) is 28.4 Å². The molecule has 0 radical (unpaired) electrons. The zero-order valence-electron chi connectivity index (χ0n) is 12.0. The molecule has 0 bridgehead atoms. The summed E-state index contributed by atoms with van der Waals surface area (Å²) in [4.78, 5) is 16.3. The molecule has 1 aromatic carbocycles. The van der Waals surface area contributed by atoms with Crippen molar-refractivity contribution in [2.24, 2.45) is 0 Å². The van der Waals surface area contributed by atoms with E-state index in [4.69, 9.17) is 9.47 Å². The third-order valence-corrected chi connectivity index (χ3v) is 4.24. The number of halogens is 1. The minimum Gasteiger partial charge on any atom is -0.476 e. The van der Waals surface area contributed by atoms with Gasteiger partial charge in [0.1, 0.15) is 5.69 Å². The molecule has 3 aromatic rings. The van der Waals surface area contributed by atoms with E-state index >= 15 is 0 Å². The van der Waals surface area contributed by atoms with E-state index in [1.165, 1.54) is 0 Å². The number of hydrogen-bond acceptors (Lipinski definition) is 4. The second-order valence-corrected chi connectivity index (χ2v) is 6.10. The lowest BCUT2D eigenvalue weighted by Gasteiger charge is -2.03. The summed E-state index contributed by atoms with van der Waals surface area (Å²) in [6.45, 7) is 2.07. The predicted molar refractivity (Wildman–Crippen MR) is 86.1 cm³/mol. The fourth-order valence-corrected chi connectivity index (χ4v) is 3.32. The Morgan fingerprint density at radius 1 is 1.30 bits per heavy atom. The van der Waals surface area contributed by atoms with E-state index in [0.717, 1.165) is 10.0 Å². The number of imidazole rings is 1. The number of aromatic nitrogens is 2. The number of carboxylic acid groups (broad SMARTS) is 1. The maximum atomic E-state index is 11.8. The van der Waals surface area contributed by atoms with E-state index < -0.39 is 5.97 Å². The molecule has 4 rings (SSSR count). The maximum absolute atomic E-state index is 11.8.